The van der Waals surface area contributed by atoms with Gasteiger partial charge in [0.2, 0.25) is 4.77 Å². The minimum absolute atomic E-state index is 0.464. The van der Waals surface area contributed by atoms with Crippen LogP contribution in [0.2, 0.25) is 5.02 Å². The number of benzene rings is 1. The number of hydrogen-bond acceptors (Lipinski definition) is 6. The predicted octanol–water partition coefficient (Wildman–Crippen LogP) is 4.59. The Kier molecular flexibility index (Phi) is 6.89. The fraction of sp³-hybridized carbons (Fsp3) is 0.316. The maximum Gasteiger partial charge on any atom is 0.214 e. The largest absolute Gasteiger partial charge is 0.490 e. The van der Waals surface area contributed by atoms with Gasteiger partial charge in [0.05, 0.1) is 24.8 Å². The second-order valence-corrected chi connectivity index (χ2v) is 6.74. The van der Waals surface area contributed by atoms with Gasteiger partial charge in [-0.1, -0.05) is 18.5 Å². The number of pyridine rings is 1. The summed E-state index contributed by atoms with van der Waals surface area (Å²) in [7, 11) is 0. The quantitative estimate of drug-likeness (QED) is 0.494. The van der Waals surface area contributed by atoms with Crippen LogP contribution in [0.5, 0.6) is 11.5 Å². The molecule has 0 unspecified atom stereocenters. The zero-order valence-corrected chi connectivity index (χ0v) is 17.3. The number of aromatic nitrogens is 4. The van der Waals surface area contributed by atoms with Crippen LogP contribution in [0.3, 0.4) is 0 Å². The molecular formula is C19H22ClN5O2S. The lowest BCUT2D eigenvalue weighted by Crippen LogP contribution is -2.16. The SMILES string of the molecule is CCCOc1c(Cl)cc(CNn2c(-c3ccncc3)n[nH]c2=S)cc1OCC. The third-order valence-electron chi connectivity index (χ3n) is 3.87. The average molecular weight is 420 g/mol. The molecule has 0 bridgehead atoms. The Labute approximate surface area is 173 Å². The zero-order chi connectivity index (χ0) is 19.9. The lowest BCUT2D eigenvalue weighted by atomic mass is 10.2. The van der Waals surface area contributed by atoms with Crippen molar-refractivity contribution >= 4 is 23.8 Å². The smallest absolute Gasteiger partial charge is 0.214 e. The van der Waals surface area contributed by atoms with Crippen LogP contribution in [0.25, 0.3) is 11.4 Å². The second-order valence-electron chi connectivity index (χ2n) is 5.94. The van der Waals surface area contributed by atoms with Gasteiger partial charge in [0.15, 0.2) is 17.3 Å². The summed E-state index contributed by atoms with van der Waals surface area (Å²) in [5.74, 6) is 1.88. The topological polar surface area (TPSA) is 77.0 Å². The molecule has 0 aliphatic carbocycles. The average Bonchev–Trinajstić information content (AvgIpc) is 3.07. The highest BCUT2D eigenvalue weighted by Gasteiger charge is 2.14. The minimum atomic E-state index is 0.464. The van der Waals surface area contributed by atoms with Gasteiger partial charge in [-0.15, -0.1) is 0 Å². The van der Waals surface area contributed by atoms with Crippen LogP contribution in [-0.4, -0.2) is 33.1 Å². The summed E-state index contributed by atoms with van der Waals surface area (Å²) in [5.41, 5.74) is 5.11. The molecule has 2 N–H and O–H groups in total. The zero-order valence-electron chi connectivity index (χ0n) is 15.7. The van der Waals surface area contributed by atoms with Gasteiger partial charge in [0, 0.05) is 18.0 Å². The number of halogens is 1. The molecule has 0 aliphatic rings. The van der Waals surface area contributed by atoms with Gasteiger partial charge in [0.1, 0.15) is 0 Å². The van der Waals surface area contributed by atoms with E-state index < -0.39 is 0 Å². The van der Waals surface area contributed by atoms with Crippen molar-refractivity contribution in [3.05, 3.63) is 52.0 Å². The first-order valence-electron chi connectivity index (χ1n) is 9.03. The van der Waals surface area contributed by atoms with Gasteiger partial charge >= 0.3 is 0 Å². The summed E-state index contributed by atoms with van der Waals surface area (Å²) in [6, 6.07) is 7.52. The van der Waals surface area contributed by atoms with Crippen LogP contribution in [0, 0.1) is 4.77 Å². The molecule has 7 nitrogen and oxygen atoms in total. The normalized spacial score (nSPS) is 10.7. The van der Waals surface area contributed by atoms with Crippen molar-refractivity contribution in [2.45, 2.75) is 26.8 Å². The number of aromatic amines is 1. The van der Waals surface area contributed by atoms with Crippen LogP contribution in [0.4, 0.5) is 0 Å². The van der Waals surface area contributed by atoms with Gasteiger partial charge in [0.25, 0.3) is 0 Å². The monoisotopic (exact) mass is 419 g/mol. The highest BCUT2D eigenvalue weighted by atomic mass is 35.5. The number of nitrogens with one attached hydrogen (secondary N) is 2. The molecular weight excluding hydrogens is 398 g/mol. The molecule has 0 saturated heterocycles. The van der Waals surface area contributed by atoms with Gasteiger partial charge in [-0.2, -0.15) is 5.10 Å². The highest BCUT2D eigenvalue weighted by molar-refractivity contribution is 7.71. The van der Waals surface area contributed by atoms with Crippen molar-refractivity contribution in [1.82, 2.24) is 19.9 Å². The Hall–Kier alpha value is -2.58. The lowest BCUT2D eigenvalue weighted by Gasteiger charge is -2.16. The summed E-state index contributed by atoms with van der Waals surface area (Å²) in [5, 5.41) is 7.62. The second kappa shape index (κ2) is 9.57. The van der Waals surface area contributed by atoms with Crippen molar-refractivity contribution in [2.24, 2.45) is 0 Å². The molecule has 0 fully saturated rings. The molecule has 0 spiro atoms. The van der Waals surface area contributed by atoms with Crippen LogP contribution in [0.1, 0.15) is 25.8 Å². The number of ether oxygens (including phenoxy) is 2. The minimum Gasteiger partial charge on any atom is -0.490 e. The molecule has 9 heteroatoms. The molecule has 3 rings (SSSR count). The molecule has 0 atom stereocenters. The first kappa shape index (κ1) is 20.2. The summed E-state index contributed by atoms with van der Waals surface area (Å²) >= 11 is 11.8. The maximum absolute atomic E-state index is 6.44. The molecule has 0 aliphatic heterocycles. The first-order valence-corrected chi connectivity index (χ1v) is 9.82. The Balaban J connectivity index is 1.84. The van der Waals surface area contributed by atoms with Crippen LogP contribution in [0.15, 0.2) is 36.7 Å². The number of rotatable bonds is 9. The fourth-order valence-corrected chi connectivity index (χ4v) is 3.12. The van der Waals surface area contributed by atoms with Gasteiger partial charge in [-0.05, 0) is 55.4 Å². The highest BCUT2D eigenvalue weighted by Crippen LogP contribution is 2.37. The number of hydrogen-bond donors (Lipinski definition) is 2. The van der Waals surface area contributed by atoms with Crippen molar-refractivity contribution < 1.29 is 9.47 Å². The first-order chi connectivity index (χ1) is 13.6. The maximum atomic E-state index is 6.44. The standard InChI is InChI=1S/C19H22ClN5O2S/c1-3-9-27-17-15(20)10-13(11-16(17)26-4-2)12-22-25-18(23-24-19(25)28)14-5-7-21-8-6-14/h5-8,10-11,22H,3-4,9,12H2,1-2H3,(H,24,28). The van der Waals surface area contributed by atoms with Crippen LogP contribution in [-0.2, 0) is 6.54 Å². The molecule has 0 radical (unpaired) electrons. The Morgan fingerprint density at radius 1 is 1.21 bits per heavy atom. The molecule has 2 heterocycles. The van der Waals surface area contributed by atoms with Gasteiger partial charge < -0.3 is 14.9 Å². The van der Waals surface area contributed by atoms with E-state index in [-0.39, 0.29) is 0 Å². The van der Waals surface area contributed by atoms with E-state index in [0.717, 1.165) is 17.5 Å². The van der Waals surface area contributed by atoms with Crippen LogP contribution < -0.4 is 14.9 Å². The fourth-order valence-electron chi connectivity index (χ4n) is 2.64. The molecule has 0 amide bonds. The third kappa shape index (κ3) is 4.63. The van der Waals surface area contributed by atoms with E-state index in [1.807, 2.05) is 38.1 Å². The van der Waals surface area contributed by atoms with Crippen molar-refractivity contribution in [3.8, 4) is 22.9 Å². The van der Waals surface area contributed by atoms with Gasteiger partial charge in [-0.25, -0.2) is 9.77 Å². The van der Waals surface area contributed by atoms with Crippen molar-refractivity contribution in [2.75, 3.05) is 18.6 Å². The van der Waals surface area contributed by atoms with E-state index in [0.29, 0.717) is 46.9 Å². The number of nitrogens with zero attached hydrogens (tertiary/aromatic N) is 3. The molecule has 1 aromatic carbocycles. The Morgan fingerprint density at radius 3 is 2.71 bits per heavy atom. The van der Waals surface area contributed by atoms with Crippen LogP contribution >= 0.6 is 23.8 Å². The van der Waals surface area contributed by atoms with E-state index >= 15 is 0 Å². The predicted molar refractivity (Wildman–Crippen MR) is 112 cm³/mol. The summed E-state index contributed by atoms with van der Waals surface area (Å²) < 4.78 is 13.7. The van der Waals surface area contributed by atoms with E-state index in [1.54, 1.807) is 17.1 Å². The summed E-state index contributed by atoms with van der Waals surface area (Å²) in [4.78, 5) is 4.03. The van der Waals surface area contributed by atoms with Crippen molar-refractivity contribution in [1.29, 1.82) is 0 Å². The summed E-state index contributed by atoms with van der Waals surface area (Å²) in [6.07, 6.45) is 4.31. The lowest BCUT2D eigenvalue weighted by molar-refractivity contribution is 0.277. The molecule has 3 aromatic rings. The Morgan fingerprint density at radius 2 is 2.00 bits per heavy atom. The number of H-pyrrole nitrogens is 1. The van der Waals surface area contributed by atoms with Crippen molar-refractivity contribution in [3.63, 3.8) is 0 Å². The van der Waals surface area contributed by atoms with E-state index in [2.05, 4.69) is 20.6 Å². The van der Waals surface area contributed by atoms with E-state index in [9.17, 15) is 0 Å². The van der Waals surface area contributed by atoms with E-state index in [4.69, 9.17) is 33.3 Å². The van der Waals surface area contributed by atoms with Gasteiger partial charge in [-0.3, -0.25) is 4.98 Å². The third-order valence-corrected chi connectivity index (χ3v) is 4.43. The molecule has 0 saturated carbocycles. The Bertz CT molecular complexity index is 974. The molecule has 28 heavy (non-hydrogen) atoms. The van der Waals surface area contributed by atoms with E-state index in [1.165, 1.54) is 0 Å². The summed E-state index contributed by atoms with van der Waals surface area (Å²) in [6.45, 7) is 5.54. The molecule has 2 aromatic heterocycles. The molecule has 148 valence electrons.